The van der Waals surface area contributed by atoms with Crippen LogP contribution in [0.4, 0.5) is 5.69 Å². The van der Waals surface area contributed by atoms with Crippen LogP contribution in [0.2, 0.25) is 0 Å². The lowest BCUT2D eigenvalue weighted by Crippen LogP contribution is -2.37. The highest BCUT2D eigenvalue weighted by Gasteiger charge is 2.27. The zero-order valence-electron chi connectivity index (χ0n) is 18.3. The molecule has 1 saturated heterocycles. The number of fused-ring (bicyclic) bond motifs is 1. The number of para-hydroxylation sites is 2. The van der Waals surface area contributed by atoms with E-state index in [9.17, 15) is 9.59 Å². The van der Waals surface area contributed by atoms with E-state index in [0.29, 0.717) is 24.7 Å². The van der Waals surface area contributed by atoms with Crippen molar-refractivity contribution in [3.63, 3.8) is 0 Å². The molecule has 1 fully saturated rings. The van der Waals surface area contributed by atoms with Crippen LogP contribution in [-0.4, -0.2) is 40.7 Å². The fourth-order valence-corrected chi connectivity index (χ4v) is 3.89. The fraction of sp³-hybridized carbons (Fsp3) is 0.375. The zero-order chi connectivity index (χ0) is 22.5. The van der Waals surface area contributed by atoms with Crippen molar-refractivity contribution in [2.24, 2.45) is 0 Å². The Hall–Kier alpha value is -3.39. The number of hydrogen-bond donors (Lipinski definition) is 2. The topological polar surface area (TPSA) is 94.5 Å². The SMILES string of the molecule is CCOc1ccc(NC(=O)Cn2c(C(C)NC(=O)C3CCCO3)nc3ccccc32)cc1. The molecule has 0 saturated carbocycles. The third-order valence-electron chi connectivity index (χ3n) is 5.40. The summed E-state index contributed by atoms with van der Waals surface area (Å²) in [6.07, 6.45) is 1.19. The maximum atomic E-state index is 12.8. The number of nitrogens with one attached hydrogen (secondary N) is 2. The Balaban J connectivity index is 1.51. The van der Waals surface area contributed by atoms with Crippen molar-refractivity contribution in [1.29, 1.82) is 0 Å². The third kappa shape index (κ3) is 4.91. The first-order valence-corrected chi connectivity index (χ1v) is 10.9. The number of anilines is 1. The Morgan fingerprint density at radius 2 is 2.00 bits per heavy atom. The minimum Gasteiger partial charge on any atom is -0.494 e. The van der Waals surface area contributed by atoms with Crippen molar-refractivity contribution < 1.29 is 19.1 Å². The summed E-state index contributed by atoms with van der Waals surface area (Å²) in [5, 5.41) is 5.90. The number of rotatable bonds is 8. The van der Waals surface area contributed by atoms with Crippen LogP contribution in [0.5, 0.6) is 5.75 Å². The highest BCUT2D eigenvalue weighted by molar-refractivity contribution is 5.92. The van der Waals surface area contributed by atoms with E-state index in [2.05, 4.69) is 10.6 Å². The molecule has 168 valence electrons. The lowest BCUT2D eigenvalue weighted by atomic mass is 10.2. The molecular formula is C24H28N4O4. The minimum absolute atomic E-state index is 0.0726. The van der Waals surface area contributed by atoms with Gasteiger partial charge in [-0.1, -0.05) is 12.1 Å². The number of aromatic nitrogens is 2. The van der Waals surface area contributed by atoms with Gasteiger partial charge in [0.05, 0.1) is 23.7 Å². The van der Waals surface area contributed by atoms with E-state index >= 15 is 0 Å². The van der Waals surface area contributed by atoms with Gasteiger partial charge in [0, 0.05) is 12.3 Å². The molecule has 2 aromatic carbocycles. The quantitative estimate of drug-likeness (QED) is 0.564. The molecule has 8 heteroatoms. The number of hydrogen-bond acceptors (Lipinski definition) is 5. The maximum absolute atomic E-state index is 12.8. The van der Waals surface area contributed by atoms with E-state index in [4.69, 9.17) is 14.5 Å². The lowest BCUT2D eigenvalue weighted by molar-refractivity contribution is -0.130. The number of nitrogens with zero attached hydrogens (tertiary/aromatic N) is 2. The molecule has 0 bridgehead atoms. The summed E-state index contributed by atoms with van der Waals surface area (Å²) in [4.78, 5) is 30.1. The molecule has 3 aromatic rings. The van der Waals surface area contributed by atoms with Gasteiger partial charge in [-0.3, -0.25) is 9.59 Å². The third-order valence-corrected chi connectivity index (χ3v) is 5.40. The fourth-order valence-electron chi connectivity index (χ4n) is 3.89. The van der Waals surface area contributed by atoms with E-state index in [1.165, 1.54) is 0 Å². The number of ether oxygens (including phenoxy) is 2. The second-order valence-corrected chi connectivity index (χ2v) is 7.78. The van der Waals surface area contributed by atoms with Crippen molar-refractivity contribution in [2.75, 3.05) is 18.5 Å². The molecule has 0 aliphatic carbocycles. The molecule has 2 heterocycles. The molecule has 32 heavy (non-hydrogen) atoms. The average Bonchev–Trinajstić information content (AvgIpc) is 3.44. The van der Waals surface area contributed by atoms with Gasteiger partial charge in [0.2, 0.25) is 11.8 Å². The Bertz CT molecular complexity index is 1090. The van der Waals surface area contributed by atoms with Crippen LogP contribution in [0.25, 0.3) is 11.0 Å². The van der Waals surface area contributed by atoms with Crippen molar-refractivity contribution in [3.8, 4) is 5.75 Å². The van der Waals surface area contributed by atoms with Crippen molar-refractivity contribution in [2.45, 2.75) is 45.4 Å². The van der Waals surface area contributed by atoms with Crippen LogP contribution >= 0.6 is 0 Å². The predicted octanol–water partition coefficient (Wildman–Crippen LogP) is 3.43. The van der Waals surface area contributed by atoms with Crippen LogP contribution in [0.15, 0.2) is 48.5 Å². The van der Waals surface area contributed by atoms with Crippen LogP contribution in [0, 0.1) is 0 Å². The van der Waals surface area contributed by atoms with E-state index in [-0.39, 0.29) is 24.4 Å². The molecule has 8 nitrogen and oxygen atoms in total. The van der Waals surface area contributed by atoms with Gasteiger partial charge in [-0.2, -0.15) is 0 Å². The van der Waals surface area contributed by atoms with Gasteiger partial charge in [0.25, 0.3) is 0 Å². The molecule has 2 N–H and O–H groups in total. The van der Waals surface area contributed by atoms with Crippen molar-refractivity contribution in [1.82, 2.24) is 14.9 Å². The van der Waals surface area contributed by atoms with Crippen LogP contribution in [-0.2, 0) is 20.9 Å². The first-order chi connectivity index (χ1) is 15.5. The average molecular weight is 437 g/mol. The van der Waals surface area contributed by atoms with Crippen molar-refractivity contribution in [3.05, 3.63) is 54.4 Å². The Morgan fingerprint density at radius 3 is 2.72 bits per heavy atom. The van der Waals surface area contributed by atoms with Crippen molar-refractivity contribution >= 4 is 28.5 Å². The summed E-state index contributed by atoms with van der Waals surface area (Å²) in [5.41, 5.74) is 2.29. The second kappa shape index (κ2) is 9.82. The summed E-state index contributed by atoms with van der Waals surface area (Å²) in [6, 6.07) is 14.5. The summed E-state index contributed by atoms with van der Waals surface area (Å²) < 4.78 is 12.8. The zero-order valence-corrected chi connectivity index (χ0v) is 18.3. The normalized spacial score (nSPS) is 16.6. The summed E-state index contributed by atoms with van der Waals surface area (Å²) in [5.74, 6) is 1.05. The molecule has 1 aliphatic rings. The first kappa shape index (κ1) is 21.8. The first-order valence-electron chi connectivity index (χ1n) is 10.9. The molecule has 2 atom stereocenters. The standard InChI is InChI=1S/C24H28N4O4/c1-3-31-18-12-10-17(11-13-18)26-22(29)15-28-20-8-5-4-7-19(20)27-23(28)16(2)25-24(30)21-9-6-14-32-21/h4-5,7-8,10-13,16,21H,3,6,9,14-15H2,1-2H3,(H,25,30)(H,26,29). The van der Waals surface area contributed by atoms with E-state index in [1.54, 1.807) is 12.1 Å². The van der Waals surface area contributed by atoms with Gasteiger partial charge in [-0.15, -0.1) is 0 Å². The monoisotopic (exact) mass is 436 g/mol. The van der Waals surface area contributed by atoms with Gasteiger partial charge in [0.1, 0.15) is 24.2 Å². The second-order valence-electron chi connectivity index (χ2n) is 7.78. The Labute approximate surface area is 186 Å². The molecule has 0 radical (unpaired) electrons. The van der Waals surface area contributed by atoms with Gasteiger partial charge in [0.15, 0.2) is 0 Å². The molecular weight excluding hydrogens is 408 g/mol. The number of carbonyl (C=O) groups excluding carboxylic acids is 2. The van der Waals surface area contributed by atoms with Gasteiger partial charge < -0.3 is 24.7 Å². The molecule has 1 aliphatic heterocycles. The van der Waals surface area contributed by atoms with Crippen LogP contribution in [0.1, 0.15) is 38.6 Å². The molecule has 2 unspecified atom stereocenters. The van der Waals surface area contributed by atoms with Gasteiger partial charge >= 0.3 is 0 Å². The molecule has 2 amide bonds. The number of imidazole rings is 1. The lowest BCUT2D eigenvalue weighted by Gasteiger charge is -2.18. The van der Waals surface area contributed by atoms with E-state index in [1.807, 2.05) is 54.8 Å². The number of benzene rings is 2. The molecule has 0 spiro atoms. The predicted molar refractivity (Wildman–Crippen MR) is 122 cm³/mol. The van der Waals surface area contributed by atoms with Crippen LogP contribution in [0.3, 0.4) is 0 Å². The van der Waals surface area contributed by atoms with E-state index in [0.717, 1.165) is 29.6 Å². The summed E-state index contributed by atoms with van der Waals surface area (Å²) >= 11 is 0. The highest BCUT2D eigenvalue weighted by Crippen LogP contribution is 2.22. The van der Waals surface area contributed by atoms with Crippen LogP contribution < -0.4 is 15.4 Å². The Kier molecular flexibility index (Phi) is 6.70. The molecule has 1 aromatic heterocycles. The van der Waals surface area contributed by atoms with E-state index < -0.39 is 6.10 Å². The highest BCUT2D eigenvalue weighted by atomic mass is 16.5. The smallest absolute Gasteiger partial charge is 0.249 e. The number of amides is 2. The van der Waals surface area contributed by atoms with Gasteiger partial charge in [-0.05, 0) is 63.1 Å². The number of carbonyl (C=O) groups is 2. The summed E-state index contributed by atoms with van der Waals surface area (Å²) in [6.45, 7) is 5.06. The maximum Gasteiger partial charge on any atom is 0.249 e. The van der Waals surface area contributed by atoms with Gasteiger partial charge in [-0.25, -0.2) is 4.98 Å². The summed E-state index contributed by atoms with van der Waals surface area (Å²) in [7, 11) is 0. The minimum atomic E-state index is -0.418. The Morgan fingerprint density at radius 1 is 1.22 bits per heavy atom. The largest absolute Gasteiger partial charge is 0.494 e. The molecule has 4 rings (SSSR count).